The Labute approximate surface area is 193 Å². The number of hydrogen-bond donors (Lipinski definition) is 2. The molecule has 9 nitrogen and oxygen atoms in total. The number of imidazole rings is 1. The molecule has 2 atom stereocenters. The molecular formula is C24H20FN7O2. The number of halogens is 1. The van der Waals surface area contributed by atoms with Gasteiger partial charge in [0, 0.05) is 24.0 Å². The second-order valence-electron chi connectivity index (χ2n) is 7.81. The Bertz CT molecular complexity index is 1460. The van der Waals surface area contributed by atoms with Crippen molar-refractivity contribution in [1.82, 2.24) is 35.4 Å². The monoisotopic (exact) mass is 457 g/mol. The molecule has 10 heteroatoms. The molecule has 0 aliphatic rings. The average molecular weight is 457 g/mol. The van der Waals surface area contributed by atoms with Crippen molar-refractivity contribution in [2.45, 2.75) is 26.1 Å². The molecule has 1 amide bonds. The highest BCUT2D eigenvalue weighted by molar-refractivity contribution is 5.93. The lowest BCUT2D eigenvalue weighted by Gasteiger charge is -2.10. The van der Waals surface area contributed by atoms with E-state index >= 15 is 0 Å². The summed E-state index contributed by atoms with van der Waals surface area (Å²) >= 11 is 0. The fourth-order valence-corrected chi connectivity index (χ4v) is 3.50. The van der Waals surface area contributed by atoms with Crippen LogP contribution < -0.4 is 5.32 Å². The minimum Gasteiger partial charge on any atom is -0.353 e. The number of alkyl halides is 1. The number of hydrogen-bond acceptors (Lipinski definition) is 7. The molecule has 170 valence electrons. The van der Waals surface area contributed by atoms with Crippen LogP contribution in [0.3, 0.4) is 0 Å². The summed E-state index contributed by atoms with van der Waals surface area (Å²) in [7, 11) is 0. The molecule has 4 aromatic heterocycles. The third kappa shape index (κ3) is 4.25. The van der Waals surface area contributed by atoms with Crippen molar-refractivity contribution in [3.63, 3.8) is 0 Å². The number of amides is 1. The van der Waals surface area contributed by atoms with Gasteiger partial charge >= 0.3 is 0 Å². The molecule has 1 unspecified atom stereocenters. The fraction of sp³-hybridized carbons (Fsp3) is 0.167. The van der Waals surface area contributed by atoms with Gasteiger partial charge in [0.25, 0.3) is 5.91 Å². The highest BCUT2D eigenvalue weighted by Gasteiger charge is 2.19. The minimum absolute atomic E-state index is 0.229. The van der Waals surface area contributed by atoms with E-state index in [1.165, 1.54) is 13.3 Å². The van der Waals surface area contributed by atoms with Crippen LogP contribution in [0.2, 0.25) is 0 Å². The first-order chi connectivity index (χ1) is 16.5. The van der Waals surface area contributed by atoms with Gasteiger partial charge in [-0.1, -0.05) is 11.2 Å². The van der Waals surface area contributed by atoms with Crippen LogP contribution in [0.5, 0.6) is 0 Å². The molecule has 0 aliphatic heterocycles. The molecule has 1 aromatic carbocycles. The number of fused-ring (bicyclic) bond motifs is 1. The van der Waals surface area contributed by atoms with Crippen LogP contribution in [0, 0.1) is 0 Å². The van der Waals surface area contributed by atoms with Crippen molar-refractivity contribution in [2.24, 2.45) is 0 Å². The van der Waals surface area contributed by atoms with Crippen LogP contribution >= 0.6 is 0 Å². The Morgan fingerprint density at radius 2 is 1.91 bits per heavy atom. The first-order valence-corrected chi connectivity index (χ1v) is 10.6. The lowest BCUT2D eigenvalue weighted by atomic mass is 10.1. The summed E-state index contributed by atoms with van der Waals surface area (Å²) in [5.41, 5.74) is 4.15. The predicted octanol–water partition coefficient (Wildman–Crippen LogP) is 4.59. The van der Waals surface area contributed by atoms with Crippen LogP contribution in [0.4, 0.5) is 4.39 Å². The van der Waals surface area contributed by atoms with E-state index in [0.717, 1.165) is 5.56 Å². The van der Waals surface area contributed by atoms with Gasteiger partial charge in [0.2, 0.25) is 5.76 Å². The van der Waals surface area contributed by atoms with Gasteiger partial charge in [-0.15, -0.1) is 0 Å². The number of nitrogens with zero attached hydrogens (tertiary/aromatic N) is 5. The molecule has 0 fully saturated rings. The second kappa shape index (κ2) is 8.81. The van der Waals surface area contributed by atoms with Crippen molar-refractivity contribution in [3.05, 3.63) is 78.1 Å². The maximum absolute atomic E-state index is 13.6. The molecule has 0 spiro atoms. The van der Waals surface area contributed by atoms with Crippen LogP contribution in [-0.2, 0) is 0 Å². The number of benzene rings is 1. The average Bonchev–Trinajstić information content (AvgIpc) is 3.51. The Morgan fingerprint density at radius 1 is 1.09 bits per heavy atom. The summed E-state index contributed by atoms with van der Waals surface area (Å²) < 4.78 is 19.1. The summed E-state index contributed by atoms with van der Waals surface area (Å²) in [5, 5.41) is 6.94. The topological polar surface area (TPSA) is 122 Å². The Balaban J connectivity index is 1.32. The van der Waals surface area contributed by atoms with E-state index in [4.69, 9.17) is 4.52 Å². The number of carbonyl (C=O) groups excluding carboxylic acids is 1. The number of carbonyl (C=O) groups is 1. The smallest absolute Gasteiger partial charge is 0.270 e. The Hall–Kier alpha value is -4.47. The highest BCUT2D eigenvalue weighted by Crippen LogP contribution is 2.26. The van der Waals surface area contributed by atoms with Crippen LogP contribution in [0.15, 0.2) is 65.7 Å². The zero-order chi connectivity index (χ0) is 23.7. The van der Waals surface area contributed by atoms with E-state index in [2.05, 4.69) is 35.4 Å². The van der Waals surface area contributed by atoms with Crippen molar-refractivity contribution >= 4 is 16.9 Å². The largest absolute Gasteiger partial charge is 0.353 e. The summed E-state index contributed by atoms with van der Waals surface area (Å²) in [6.45, 7) is 3.27. The number of pyridine rings is 1. The number of aromatic amines is 1. The van der Waals surface area contributed by atoms with Crippen molar-refractivity contribution in [2.75, 3.05) is 0 Å². The number of H-pyrrole nitrogens is 1. The van der Waals surface area contributed by atoms with Gasteiger partial charge in [-0.3, -0.25) is 9.78 Å². The summed E-state index contributed by atoms with van der Waals surface area (Å²) in [5.74, 6) is 0.504. The number of aromatic nitrogens is 6. The molecule has 0 aliphatic carbocycles. The summed E-state index contributed by atoms with van der Waals surface area (Å²) in [6.07, 6.45) is 3.58. The molecule has 4 heterocycles. The van der Waals surface area contributed by atoms with E-state index in [9.17, 15) is 9.18 Å². The van der Waals surface area contributed by atoms with E-state index in [0.29, 0.717) is 39.6 Å². The van der Waals surface area contributed by atoms with Gasteiger partial charge < -0.3 is 14.8 Å². The first kappa shape index (κ1) is 21.4. The number of rotatable bonds is 6. The Kier molecular flexibility index (Phi) is 5.54. The summed E-state index contributed by atoms with van der Waals surface area (Å²) in [6, 6.07) is 11.7. The zero-order valence-electron chi connectivity index (χ0n) is 18.4. The quantitative estimate of drug-likeness (QED) is 0.382. The van der Waals surface area contributed by atoms with E-state index in [1.54, 1.807) is 61.8 Å². The van der Waals surface area contributed by atoms with Crippen LogP contribution in [0.25, 0.3) is 33.9 Å². The van der Waals surface area contributed by atoms with E-state index in [-0.39, 0.29) is 11.6 Å². The van der Waals surface area contributed by atoms with Crippen molar-refractivity contribution in [1.29, 1.82) is 0 Å². The standard InChI is InChI=1S/C24H20FN7O2/c1-13(25)16-3-4-17-20(9-16)31-23(30-17)22-11-18(32-34-22)14(2)29-24(33)21-10-19(27-12-28-21)15-5-7-26-8-6-15/h3-14H,1-2H3,(H,29,33)(H,30,31)/t13?,14-/m1/s1. The molecular weight excluding hydrogens is 437 g/mol. The normalized spacial score (nSPS) is 13.0. The van der Waals surface area contributed by atoms with Crippen LogP contribution in [-0.4, -0.2) is 36.0 Å². The lowest BCUT2D eigenvalue weighted by molar-refractivity contribution is 0.0933. The molecule has 0 radical (unpaired) electrons. The van der Waals surface area contributed by atoms with Gasteiger partial charge in [-0.25, -0.2) is 19.3 Å². The van der Waals surface area contributed by atoms with Gasteiger partial charge in [0.05, 0.1) is 22.8 Å². The minimum atomic E-state index is -1.08. The van der Waals surface area contributed by atoms with Crippen molar-refractivity contribution in [3.8, 4) is 22.8 Å². The Morgan fingerprint density at radius 3 is 2.71 bits per heavy atom. The van der Waals surface area contributed by atoms with Gasteiger partial charge in [-0.2, -0.15) is 0 Å². The SMILES string of the molecule is CC(F)c1ccc2nc(-c3cc([C@@H](C)NC(=O)c4cc(-c5ccncc5)ncn4)no3)[nH]c2c1. The van der Waals surface area contributed by atoms with Gasteiger partial charge in [0.15, 0.2) is 5.82 Å². The zero-order valence-corrected chi connectivity index (χ0v) is 18.4. The van der Waals surface area contributed by atoms with Crippen molar-refractivity contribution < 1.29 is 13.7 Å². The molecule has 34 heavy (non-hydrogen) atoms. The maximum Gasteiger partial charge on any atom is 0.270 e. The number of nitrogens with one attached hydrogen (secondary N) is 2. The highest BCUT2D eigenvalue weighted by atomic mass is 19.1. The summed E-state index contributed by atoms with van der Waals surface area (Å²) in [4.78, 5) is 32.7. The first-order valence-electron chi connectivity index (χ1n) is 10.6. The third-order valence-electron chi connectivity index (χ3n) is 5.39. The lowest BCUT2D eigenvalue weighted by Crippen LogP contribution is -2.27. The van der Waals surface area contributed by atoms with E-state index < -0.39 is 12.2 Å². The molecule has 5 rings (SSSR count). The molecule has 5 aromatic rings. The molecule has 0 saturated carbocycles. The molecule has 2 N–H and O–H groups in total. The fourth-order valence-electron chi connectivity index (χ4n) is 3.50. The van der Waals surface area contributed by atoms with Crippen LogP contribution in [0.1, 0.15) is 47.8 Å². The van der Waals surface area contributed by atoms with Gasteiger partial charge in [0.1, 0.15) is 23.9 Å². The van der Waals surface area contributed by atoms with Gasteiger partial charge in [-0.05, 0) is 49.7 Å². The predicted molar refractivity (Wildman–Crippen MR) is 122 cm³/mol. The third-order valence-corrected chi connectivity index (χ3v) is 5.39. The van der Waals surface area contributed by atoms with E-state index in [1.807, 2.05) is 0 Å². The molecule has 0 saturated heterocycles. The second-order valence-corrected chi connectivity index (χ2v) is 7.81. The maximum atomic E-state index is 13.6. The molecule has 0 bridgehead atoms.